The quantitative estimate of drug-likeness (QED) is 0.473. The van der Waals surface area contributed by atoms with Crippen molar-refractivity contribution in [3.63, 3.8) is 0 Å². The monoisotopic (exact) mass is 190 g/mol. The fraction of sp³-hybridized carbons (Fsp3) is 0.778. The van der Waals surface area contributed by atoms with Crippen molar-refractivity contribution in [3.8, 4) is 0 Å². The van der Waals surface area contributed by atoms with Crippen molar-refractivity contribution in [1.82, 2.24) is 0 Å². The molecule has 0 heterocycles. The van der Waals surface area contributed by atoms with Crippen LogP contribution in [0, 0.1) is 24.7 Å². The van der Waals surface area contributed by atoms with Crippen LogP contribution in [0.25, 0.3) is 0 Å². The molecule has 0 bridgehead atoms. The van der Waals surface area contributed by atoms with Gasteiger partial charge in [-0.15, -0.1) is 6.42 Å². The van der Waals surface area contributed by atoms with Crippen LogP contribution >= 0.6 is 0 Å². The topological polar surface area (TPSA) is 0 Å². The van der Waals surface area contributed by atoms with Crippen molar-refractivity contribution in [2.24, 2.45) is 11.8 Å². The number of rotatable bonds is 4. The molecular weight excluding hydrogens is 173 g/mol. The molecule has 0 aliphatic rings. The van der Waals surface area contributed by atoms with Crippen LogP contribution in [0.15, 0.2) is 0 Å². The van der Waals surface area contributed by atoms with Crippen LogP contribution in [-0.2, 0) is 19.5 Å². The van der Waals surface area contributed by atoms with Gasteiger partial charge in [0, 0.05) is 0 Å². The minimum absolute atomic E-state index is 0. The molecular formula is C9H18Zn. The van der Waals surface area contributed by atoms with Gasteiger partial charge in [0.05, 0.1) is 0 Å². The SMILES string of the molecule is C[CH-]C(C)CC(C)[CH-]C.[Zn+2]. The van der Waals surface area contributed by atoms with E-state index >= 15 is 0 Å². The number of hydrogen-bond acceptors (Lipinski definition) is 0. The summed E-state index contributed by atoms with van der Waals surface area (Å²) in [6.45, 7) is 8.79. The fourth-order valence-corrected chi connectivity index (χ4v) is 0.859. The van der Waals surface area contributed by atoms with Gasteiger partial charge in [-0.2, -0.15) is 25.7 Å². The molecule has 0 N–H and O–H groups in total. The first kappa shape index (κ1) is 13.2. The summed E-state index contributed by atoms with van der Waals surface area (Å²) in [6.07, 6.45) is 5.83. The molecule has 0 aromatic rings. The first-order valence-corrected chi connectivity index (χ1v) is 3.79. The van der Waals surface area contributed by atoms with Crippen LogP contribution in [0.4, 0.5) is 0 Å². The summed E-state index contributed by atoms with van der Waals surface area (Å²) in [5.74, 6) is 1.55. The maximum absolute atomic E-state index is 2.26. The molecule has 2 atom stereocenters. The molecule has 0 amide bonds. The predicted octanol–water partition coefficient (Wildman–Crippen LogP) is 3.09. The Balaban J connectivity index is 0. The van der Waals surface area contributed by atoms with Gasteiger partial charge < -0.3 is 12.8 Å². The Morgan fingerprint density at radius 3 is 1.50 bits per heavy atom. The first-order valence-electron chi connectivity index (χ1n) is 3.79. The van der Waals surface area contributed by atoms with Crippen molar-refractivity contribution in [1.29, 1.82) is 0 Å². The molecule has 1 heteroatoms. The second-order valence-corrected chi connectivity index (χ2v) is 2.86. The van der Waals surface area contributed by atoms with E-state index in [0.29, 0.717) is 0 Å². The van der Waals surface area contributed by atoms with Crippen LogP contribution in [0.1, 0.15) is 34.1 Å². The van der Waals surface area contributed by atoms with Gasteiger partial charge >= 0.3 is 19.5 Å². The van der Waals surface area contributed by atoms with Gasteiger partial charge in [-0.3, -0.25) is 0 Å². The van der Waals surface area contributed by atoms with E-state index in [1.54, 1.807) is 0 Å². The maximum Gasteiger partial charge on any atom is 2.00 e. The number of hydrogen-bond donors (Lipinski definition) is 0. The summed E-state index contributed by atoms with van der Waals surface area (Å²) in [5.41, 5.74) is 0. The van der Waals surface area contributed by atoms with Crippen LogP contribution in [0.5, 0.6) is 0 Å². The minimum atomic E-state index is 0. The molecule has 0 radical (unpaired) electrons. The van der Waals surface area contributed by atoms with Crippen molar-refractivity contribution in [3.05, 3.63) is 12.8 Å². The fourth-order valence-electron chi connectivity index (χ4n) is 0.859. The van der Waals surface area contributed by atoms with Crippen LogP contribution in [-0.4, -0.2) is 0 Å². The maximum atomic E-state index is 2.26. The third-order valence-corrected chi connectivity index (χ3v) is 1.88. The van der Waals surface area contributed by atoms with Crippen LogP contribution in [0.2, 0.25) is 0 Å². The smallest absolute Gasteiger partial charge is 0.329 e. The molecule has 0 aliphatic heterocycles. The van der Waals surface area contributed by atoms with Gasteiger partial charge in [0.1, 0.15) is 0 Å². The van der Waals surface area contributed by atoms with E-state index in [9.17, 15) is 0 Å². The summed E-state index contributed by atoms with van der Waals surface area (Å²) < 4.78 is 0. The van der Waals surface area contributed by atoms with E-state index in [1.807, 2.05) is 0 Å². The Labute approximate surface area is 78.5 Å². The molecule has 0 aliphatic carbocycles. The molecule has 0 nitrogen and oxygen atoms in total. The molecule has 0 saturated carbocycles. The molecule has 10 heavy (non-hydrogen) atoms. The van der Waals surface area contributed by atoms with Gasteiger partial charge in [0.15, 0.2) is 0 Å². The van der Waals surface area contributed by atoms with Gasteiger partial charge in [-0.1, -0.05) is 13.8 Å². The molecule has 0 fully saturated rings. The minimum Gasteiger partial charge on any atom is -0.329 e. The van der Waals surface area contributed by atoms with E-state index in [1.165, 1.54) is 6.42 Å². The van der Waals surface area contributed by atoms with E-state index in [2.05, 4.69) is 40.5 Å². The second kappa shape index (κ2) is 7.73. The van der Waals surface area contributed by atoms with E-state index in [4.69, 9.17) is 0 Å². The Kier molecular flexibility index (Phi) is 10.2. The third-order valence-electron chi connectivity index (χ3n) is 1.88. The molecule has 0 saturated heterocycles. The third kappa shape index (κ3) is 6.74. The summed E-state index contributed by atoms with van der Waals surface area (Å²) in [5, 5.41) is 0. The summed E-state index contributed by atoms with van der Waals surface area (Å²) in [4.78, 5) is 0. The average molecular weight is 192 g/mol. The van der Waals surface area contributed by atoms with Crippen molar-refractivity contribution in [2.75, 3.05) is 0 Å². The van der Waals surface area contributed by atoms with Gasteiger partial charge in [0.2, 0.25) is 0 Å². The Morgan fingerprint density at radius 1 is 1.00 bits per heavy atom. The van der Waals surface area contributed by atoms with Gasteiger partial charge in [-0.25, -0.2) is 0 Å². The molecule has 0 rings (SSSR count). The molecule has 0 aromatic heterocycles. The Bertz CT molecular complexity index is 53.7. The molecule has 2 unspecified atom stereocenters. The predicted molar refractivity (Wildman–Crippen MR) is 42.9 cm³/mol. The average Bonchev–Trinajstić information content (AvgIpc) is 1.87. The van der Waals surface area contributed by atoms with Gasteiger partial charge in [0.25, 0.3) is 0 Å². The zero-order chi connectivity index (χ0) is 7.28. The van der Waals surface area contributed by atoms with Crippen LogP contribution < -0.4 is 0 Å². The van der Waals surface area contributed by atoms with Crippen molar-refractivity contribution in [2.45, 2.75) is 34.1 Å². The molecule has 56 valence electrons. The standard InChI is InChI=1S/C9H18.Zn/c1-5-8(3)7-9(4)6-2;/h5-6,8-9H,7H2,1-4H3;/q-2;+2. The zero-order valence-corrected chi connectivity index (χ0v) is 10.7. The largest absolute Gasteiger partial charge is 2.00 e. The summed E-state index contributed by atoms with van der Waals surface area (Å²) in [6, 6.07) is 0. The van der Waals surface area contributed by atoms with E-state index in [0.717, 1.165) is 11.8 Å². The summed E-state index contributed by atoms with van der Waals surface area (Å²) in [7, 11) is 0. The van der Waals surface area contributed by atoms with Crippen molar-refractivity contribution < 1.29 is 19.5 Å². The Morgan fingerprint density at radius 2 is 1.30 bits per heavy atom. The van der Waals surface area contributed by atoms with E-state index in [-0.39, 0.29) is 19.5 Å². The normalized spacial score (nSPS) is 15.6. The Hall–Kier alpha value is 0.623. The van der Waals surface area contributed by atoms with Crippen molar-refractivity contribution >= 4 is 0 Å². The van der Waals surface area contributed by atoms with Gasteiger partial charge in [-0.05, 0) is 0 Å². The van der Waals surface area contributed by atoms with Crippen LogP contribution in [0.3, 0.4) is 0 Å². The second-order valence-electron chi connectivity index (χ2n) is 2.86. The zero-order valence-electron chi connectivity index (χ0n) is 7.72. The molecule has 0 spiro atoms. The first-order chi connectivity index (χ1) is 4.20. The summed E-state index contributed by atoms with van der Waals surface area (Å²) >= 11 is 0. The molecule has 0 aromatic carbocycles. The van der Waals surface area contributed by atoms with E-state index < -0.39 is 0 Å².